The third kappa shape index (κ3) is 4.37. The lowest BCUT2D eigenvalue weighted by molar-refractivity contribution is -0.130. The molecule has 0 N–H and O–H groups in total. The van der Waals surface area contributed by atoms with Gasteiger partial charge in [-0.2, -0.15) is 0 Å². The lowest BCUT2D eigenvalue weighted by Gasteiger charge is -2.26. The van der Waals surface area contributed by atoms with Gasteiger partial charge in [0.25, 0.3) is 0 Å². The first-order valence-corrected chi connectivity index (χ1v) is 9.76. The molecule has 1 fully saturated rings. The Labute approximate surface area is 134 Å². The molecular weight excluding hydrogens is 330 g/mol. The van der Waals surface area contributed by atoms with E-state index in [0.29, 0.717) is 11.4 Å². The quantitative estimate of drug-likeness (QED) is 0.785. The van der Waals surface area contributed by atoms with Crippen LogP contribution in [0.4, 0.5) is 0 Å². The average Bonchev–Trinajstić information content (AvgIpc) is 2.80. The van der Waals surface area contributed by atoms with E-state index in [1.54, 1.807) is 24.1 Å². The highest BCUT2D eigenvalue weighted by atomic mass is 35.5. The van der Waals surface area contributed by atoms with Crippen molar-refractivity contribution < 1.29 is 13.2 Å². The Balaban J connectivity index is 1.97. The molecule has 1 aliphatic rings. The van der Waals surface area contributed by atoms with Gasteiger partial charge in [-0.1, -0.05) is 11.6 Å². The highest BCUT2D eigenvalue weighted by Gasteiger charge is 2.34. The molecule has 0 aliphatic carbocycles. The summed E-state index contributed by atoms with van der Waals surface area (Å²) in [5.41, 5.74) is 0. The normalized spacial score (nSPS) is 22.0. The van der Waals surface area contributed by atoms with Crippen molar-refractivity contribution in [2.75, 3.05) is 18.6 Å². The highest BCUT2D eigenvalue weighted by Crippen LogP contribution is 2.27. The first kappa shape index (κ1) is 16.6. The van der Waals surface area contributed by atoms with Crippen LogP contribution in [0.5, 0.6) is 0 Å². The van der Waals surface area contributed by atoms with E-state index in [9.17, 15) is 13.2 Å². The summed E-state index contributed by atoms with van der Waals surface area (Å²) in [4.78, 5) is 14.9. The van der Waals surface area contributed by atoms with Crippen molar-refractivity contribution in [3.05, 3.63) is 29.3 Å². The Morgan fingerprint density at radius 1 is 1.38 bits per heavy atom. The molecule has 21 heavy (non-hydrogen) atoms. The summed E-state index contributed by atoms with van der Waals surface area (Å²) in [5, 5.41) is 0.395. The highest BCUT2D eigenvalue weighted by molar-refractivity contribution is 8.00. The van der Waals surface area contributed by atoms with Gasteiger partial charge in [0.15, 0.2) is 9.84 Å². The van der Waals surface area contributed by atoms with Gasteiger partial charge >= 0.3 is 0 Å². The van der Waals surface area contributed by atoms with Crippen LogP contribution in [0, 0.1) is 0 Å². The summed E-state index contributed by atoms with van der Waals surface area (Å²) in [5.74, 6) is 0.207. The van der Waals surface area contributed by atoms with Crippen LogP contribution in [0.3, 0.4) is 0 Å². The Kier molecular flexibility index (Phi) is 5.22. The van der Waals surface area contributed by atoms with Crippen LogP contribution < -0.4 is 0 Å². The molecule has 0 spiro atoms. The van der Waals surface area contributed by atoms with Crippen LogP contribution in [0.2, 0.25) is 5.02 Å². The predicted molar refractivity (Wildman–Crippen MR) is 86.6 cm³/mol. The van der Waals surface area contributed by atoms with Crippen molar-refractivity contribution in [2.24, 2.45) is 0 Å². The SMILES string of the molecule is CC(Sc1ccc(Cl)cc1)C(=O)N(C)C1CCS(=O)(=O)C1. The van der Waals surface area contributed by atoms with E-state index in [-0.39, 0.29) is 28.7 Å². The van der Waals surface area contributed by atoms with E-state index < -0.39 is 9.84 Å². The van der Waals surface area contributed by atoms with Gasteiger partial charge in [-0.05, 0) is 37.6 Å². The van der Waals surface area contributed by atoms with Gasteiger partial charge in [0.1, 0.15) is 0 Å². The molecule has 1 saturated heterocycles. The van der Waals surface area contributed by atoms with Gasteiger partial charge in [-0.15, -0.1) is 11.8 Å². The molecule has 7 heteroatoms. The van der Waals surface area contributed by atoms with Crippen molar-refractivity contribution in [1.82, 2.24) is 4.90 Å². The van der Waals surface area contributed by atoms with Crippen LogP contribution in [-0.2, 0) is 14.6 Å². The van der Waals surface area contributed by atoms with Gasteiger partial charge in [0, 0.05) is 23.0 Å². The number of carbonyl (C=O) groups is 1. The molecule has 2 rings (SSSR count). The number of amides is 1. The summed E-state index contributed by atoms with van der Waals surface area (Å²) in [7, 11) is -1.29. The maximum absolute atomic E-state index is 12.4. The second-order valence-electron chi connectivity index (χ2n) is 5.22. The smallest absolute Gasteiger partial charge is 0.235 e. The molecule has 0 saturated carbocycles. The average molecular weight is 348 g/mol. The molecule has 1 aromatic rings. The molecule has 0 radical (unpaired) electrons. The minimum Gasteiger partial charge on any atom is -0.341 e. The van der Waals surface area contributed by atoms with Crippen molar-refractivity contribution >= 4 is 39.1 Å². The van der Waals surface area contributed by atoms with E-state index in [1.807, 2.05) is 19.1 Å². The number of thioether (sulfide) groups is 1. The van der Waals surface area contributed by atoms with Crippen molar-refractivity contribution in [2.45, 2.75) is 29.5 Å². The Bertz CT molecular complexity index is 616. The molecule has 1 heterocycles. The molecule has 1 aromatic carbocycles. The number of nitrogens with zero attached hydrogens (tertiary/aromatic N) is 1. The molecular formula is C14H18ClNO3S2. The zero-order chi connectivity index (χ0) is 15.6. The summed E-state index contributed by atoms with van der Waals surface area (Å²) in [6.07, 6.45) is 0.531. The van der Waals surface area contributed by atoms with Crippen LogP contribution >= 0.6 is 23.4 Å². The summed E-state index contributed by atoms with van der Waals surface area (Å²) in [6.45, 7) is 1.83. The molecule has 1 aliphatic heterocycles. The molecule has 4 nitrogen and oxygen atoms in total. The Morgan fingerprint density at radius 2 is 2.00 bits per heavy atom. The minimum atomic E-state index is -2.98. The van der Waals surface area contributed by atoms with Crippen molar-refractivity contribution in [3.8, 4) is 0 Å². The number of sulfone groups is 1. The van der Waals surface area contributed by atoms with Gasteiger partial charge in [0.2, 0.25) is 5.91 Å². The fraction of sp³-hybridized carbons (Fsp3) is 0.500. The van der Waals surface area contributed by atoms with E-state index in [0.717, 1.165) is 4.90 Å². The van der Waals surface area contributed by atoms with Crippen LogP contribution in [0.25, 0.3) is 0 Å². The minimum absolute atomic E-state index is 0.0444. The zero-order valence-corrected chi connectivity index (χ0v) is 14.3. The maximum atomic E-state index is 12.4. The molecule has 2 unspecified atom stereocenters. The third-order valence-corrected chi connectivity index (χ3v) is 6.68. The summed E-state index contributed by atoms with van der Waals surface area (Å²) in [6, 6.07) is 7.12. The van der Waals surface area contributed by atoms with Gasteiger partial charge in [0.05, 0.1) is 16.8 Å². The Morgan fingerprint density at radius 3 is 2.52 bits per heavy atom. The number of hydrogen-bond donors (Lipinski definition) is 0. The van der Waals surface area contributed by atoms with E-state index in [4.69, 9.17) is 11.6 Å². The largest absolute Gasteiger partial charge is 0.341 e. The Hall–Kier alpha value is -0.720. The fourth-order valence-electron chi connectivity index (χ4n) is 2.32. The second-order valence-corrected chi connectivity index (χ2v) is 9.30. The fourth-order valence-corrected chi connectivity index (χ4v) is 5.18. The second kappa shape index (κ2) is 6.58. The molecule has 0 bridgehead atoms. The van der Waals surface area contributed by atoms with E-state index in [2.05, 4.69) is 0 Å². The van der Waals surface area contributed by atoms with Crippen molar-refractivity contribution in [1.29, 1.82) is 0 Å². The van der Waals surface area contributed by atoms with Crippen LogP contribution in [0.1, 0.15) is 13.3 Å². The summed E-state index contributed by atoms with van der Waals surface area (Å²) >= 11 is 7.28. The van der Waals surface area contributed by atoms with E-state index >= 15 is 0 Å². The van der Waals surface area contributed by atoms with Gasteiger partial charge < -0.3 is 4.90 Å². The standard InChI is InChI=1S/C14H18ClNO3S2/c1-10(20-13-5-3-11(15)4-6-13)14(17)16(2)12-7-8-21(18,19)9-12/h3-6,10,12H,7-9H2,1-2H3. The van der Waals surface area contributed by atoms with Crippen LogP contribution in [-0.4, -0.2) is 49.1 Å². The maximum Gasteiger partial charge on any atom is 0.235 e. The summed E-state index contributed by atoms with van der Waals surface area (Å²) < 4.78 is 23.0. The van der Waals surface area contributed by atoms with E-state index in [1.165, 1.54) is 11.8 Å². The number of halogens is 1. The van der Waals surface area contributed by atoms with Crippen molar-refractivity contribution in [3.63, 3.8) is 0 Å². The number of hydrogen-bond acceptors (Lipinski definition) is 4. The number of carbonyl (C=O) groups excluding carboxylic acids is 1. The lowest BCUT2D eigenvalue weighted by atomic mass is 10.2. The molecule has 1 amide bonds. The lowest BCUT2D eigenvalue weighted by Crippen LogP contribution is -2.41. The first-order valence-electron chi connectivity index (χ1n) is 6.68. The molecule has 116 valence electrons. The molecule has 0 aromatic heterocycles. The third-order valence-electron chi connectivity index (χ3n) is 3.58. The molecule has 2 atom stereocenters. The number of benzene rings is 1. The van der Waals surface area contributed by atoms with Gasteiger partial charge in [-0.3, -0.25) is 4.79 Å². The van der Waals surface area contributed by atoms with Gasteiger partial charge in [-0.25, -0.2) is 8.42 Å². The topological polar surface area (TPSA) is 54.5 Å². The predicted octanol–water partition coefficient (Wildman–Crippen LogP) is 2.47. The zero-order valence-electron chi connectivity index (χ0n) is 12.0. The van der Waals surface area contributed by atoms with Crippen LogP contribution in [0.15, 0.2) is 29.2 Å². The number of rotatable bonds is 4. The first-order chi connectivity index (χ1) is 9.78. The monoisotopic (exact) mass is 347 g/mol.